The number of aromatic amines is 1. The summed E-state index contributed by atoms with van der Waals surface area (Å²) in [5.74, 6) is 0.341. The van der Waals surface area contributed by atoms with Crippen LogP contribution >= 0.6 is 0 Å². The van der Waals surface area contributed by atoms with Crippen LogP contribution in [0, 0.1) is 5.92 Å². The summed E-state index contributed by atoms with van der Waals surface area (Å²) in [6, 6.07) is 23.7. The van der Waals surface area contributed by atoms with Crippen LogP contribution in [-0.4, -0.2) is 49.6 Å². The summed E-state index contributed by atoms with van der Waals surface area (Å²) in [4.78, 5) is 3.89. The molecular weight excluding hydrogens is 444 g/mol. The van der Waals surface area contributed by atoms with E-state index in [1.165, 1.54) is 16.6 Å². The van der Waals surface area contributed by atoms with Gasteiger partial charge in [-0.25, -0.2) is 23.2 Å². The molecule has 1 aliphatic rings. The molecule has 4 aromatic rings. The molecule has 1 aliphatic heterocycles. The molecule has 7 heteroatoms. The van der Waals surface area contributed by atoms with E-state index >= 15 is 0 Å². The van der Waals surface area contributed by atoms with Crippen molar-refractivity contribution in [1.29, 1.82) is 0 Å². The van der Waals surface area contributed by atoms with Gasteiger partial charge in [0.05, 0.1) is 11.4 Å². The van der Waals surface area contributed by atoms with Crippen molar-refractivity contribution in [3.8, 4) is 0 Å². The standard InChI is InChI=1S/C27H32N4O2S/c1-2-30(20-24-18-23-9-4-6-12-26(23)29-24)31-16-14-21(15-17-31)19-28-34(32,33)27-13-7-10-22-8-3-5-11-25(22)27/h3-13,18,21,28-29H,2,14-17,19-20H2,1H3. The van der Waals surface area contributed by atoms with Gasteiger partial charge in [-0.1, -0.05) is 61.5 Å². The van der Waals surface area contributed by atoms with Gasteiger partial charge in [0.2, 0.25) is 10.0 Å². The fourth-order valence-corrected chi connectivity index (χ4v) is 6.31. The molecule has 0 aliphatic carbocycles. The maximum absolute atomic E-state index is 13.1. The first-order chi connectivity index (χ1) is 16.5. The summed E-state index contributed by atoms with van der Waals surface area (Å²) in [7, 11) is -3.55. The summed E-state index contributed by atoms with van der Waals surface area (Å²) < 4.78 is 29.0. The number of nitrogens with zero attached hydrogens (tertiary/aromatic N) is 2. The summed E-state index contributed by atoms with van der Waals surface area (Å²) in [6.45, 7) is 6.33. The van der Waals surface area contributed by atoms with Crippen molar-refractivity contribution in [3.63, 3.8) is 0 Å². The van der Waals surface area contributed by atoms with Crippen LogP contribution in [0.3, 0.4) is 0 Å². The Morgan fingerprint density at radius 1 is 0.971 bits per heavy atom. The second-order valence-corrected chi connectivity index (χ2v) is 10.8. The molecule has 0 spiro atoms. The number of hydrogen-bond donors (Lipinski definition) is 2. The summed E-state index contributed by atoms with van der Waals surface area (Å²) in [5.41, 5.74) is 2.39. The number of para-hydroxylation sites is 1. The molecule has 1 saturated heterocycles. The number of fused-ring (bicyclic) bond motifs is 2. The number of aromatic nitrogens is 1. The normalized spacial score (nSPS) is 16.1. The third kappa shape index (κ3) is 4.88. The van der Waals surface area contributed by atoms with Crippen LogP contribution < -0.4 is 4.72 Å². The van der Waals surface area contributed by atoms with E-state index in [9.17, 15) is 8.42 Å². The molecule has 0 saturated carbocycles. The van der Waals surface area contributed by atoms with E-state index in [4.69, 9.17) is 0 Å². The molecule has 0 atom stereocenters. The number of sulfonamides is 1. The zero-order chi connectivity index (χ0) is 23.5. The SMILES string of the molecule is CCN(Cc1cc2ccccc2[nH]1)N1CCC(CNS(=O)(=O)c2cccc3ccccc23)CC1. The van der Waals surface area contributed by atoms with Crippen LogP contribution in [0.4, 0.5) is 0 Å². The average molecular weight is 477 g/mol. The molecule has 3 aromatic carbocycles. The van der Waals surface area contributed by atoms with E-state index in [1.54, 1.807) is 6.07 Å². The highest BCUT2D eigenvalue weighted by molar-refractivity contribution is 7.89. The second-order valence-electron chi connectivity index (χ2n) is 9.09. The van der Waals surface area contributed by atoms with Crippen LogP contribution in [0.15, 0.2) is 77.7 Å². The van der Waals surface area contributed by atoms with Gasteiger partial charge >= 0.3 is 0 Å². The average Bonchev–Trinajstić information content (AvgIpc) is 3.29. The second kappa shape index (κ2) is 9.88. The number of nitrogens with one attached hydrogen (secondary N) is 2. The predicted octanol–water partition coefficient (Wildman–Crippen LogP) is 4.75. The minimum Gasteiger partial charge on any atom is -0.357 e. The van der Waals surface area contributed by atoms with Gasteiger partial charge in [-0.05, 0) is 47.7 Å². The van der Waals surface area contributed by atoms with Crippen molar-refractivity contribution >= 4 is 31.7 Å². The Balaban J connectivity index is 1.17. The first-order valence-electron chi connectivity index (χ1n) is 12.1. The molecule has 2 heterocycles. The van der Waals surface area contributed by atoms with Crippen molar-refractivity contribution in [2.75, 3.05) is 26.2 Å². The van der Waals surface area contributed by atoms with Gasteiger partial charge in [-0.15, -0.1) is 0 Å². The van der Waals surface area contributed by atoms with Crippen LogP contribution in [-0.2, 0) is 16.6 Å². The number of piperidine rings is 1. The Morgan fingerprint density at radius 2 is 1.68 bits per heavy atom. The lowest BCUT2D eigenvalue weighted by Gasteiger charge is -2.39. The van der Waals surface area contributed by atoms with Gasteiger partial charge in [0.1, 0.15) is 0 Å². The highest BCUT2D eigenvalue weighted by atomic mass is 32.2. The Morgan fingerprint density at radius 3 is 2.44 bits per heavy atom. The Hall–Kier alpha value is -2.71. The molecule has 0 amide bonds. The van der Waals surface area contributed by atoms with Gasteiger partial charge in [0, 0.05) is 42.8 Å². The monoisotopic (exact) mass is 476 g/mol. The largest absolute Gasteiger partial charge is 0.357 e. The zero-order valence-corrected chi connectivity index (χ0v) is 20.4. The summed E-state index contributed by atoms with van der Waals surface area (Å²) in [5, 5.41) is 7.75. The number of hydrazine groups is 1. The van der Waals surface area contributed by atoms with E-state index in [1.807, 2.05) is 36.4 Å². The first kappa shape index (κ1) is 23.1. The molecule has 0 unspecified atom stereocenters. The Kier molecular flexibility index (Phi) is 6.70. The van der Waals surface area contributed by atoms with Crippen LogP contribution in [0.2, 0.25) is 0 Å². The Labute approximate surface area is 201 Å². The first-order valence-corrected chi connectivity index (χ1v) is 13.6. The number of benzene rings is 3. The maximum Gasteiger partial charge on any atom is 0.241 e. The van der Waals surface area contributed by atoms with E-state index < -0.39 is 10.0 Å². The maximum atomic E-state index is 13.1. The van der Waals surface area contributed by atoms with Gasteiger partial charge in [-0.3, -0.25) is 0 Å². The molecule has 34 heavy (non-hydrogen) atoms. The topological polar surface area (TPSA) is 68.4 Å². The summed E-state index contributed by atoms with van der Waals surface area (Å²) in [6.07, 6.45) is 1.95. The number of H-pyrrole nitrogens is 1. The molecule has 0 bridgehead atoms. The van der Waals surface area contributed by atoms with Crippen LogP contribution in [0.1, 0.15) is 25.5 Å². The lowest BCUT2D eigenvalue weighted by molar-refractivity contribution is -0.0527. The van der Waals surface area contributed by atoms with E-state index in [0.29, 0.717) is 17.4 Å². The summed E-state index contributed by atoms with van der Waals surface area (Å²) >= 11 is 0. The van der Waals surface area contributed by atoms with E-state index in [2.05, 4.69) is 57.0 Å². The van der Waals surface area contributed by atoms with E-state index in [0.717, 1.165) is 49.8 Å². The molecule has 5 rings (SSSR count). The smallest absolute Gasteiger partial charge is 0.241 e. The fourth-order valence-electron chi connectivity index (χ4n) is 4.97. The minimum absolute atomic E-state index is 0.341. The zero-order valence-electron chi connectivity index (χ0n) is 19.6. The lowest BCUT2D eigenvalue weighted by atomic mass is 9.98. The van der Waals surface area contributed by atoms with E-state index in [-0.39, 0.29) is 0 Å². The van der Waals surface area contributed by atoms with Gasteiger partial charge < -0.3 is 4.98 Å². The van der Waals surface area contributed by atoms with Crippen molar-refractivity contribution in [3.05, 3.63) is 78.5 Å². The molecule has 178 valence electrons. The quantitative estimate of drug-likeness (QED) is 0.385. The molecule has 1 fully saturated rings. The Bertz CT molecular complexity index is 1340. The molecule has 1 aromatic heterocycles. The van der Waals surface area contributed by atoms with Crippen molar-refractivity contribution < 1.29 is 8.42 Å². The predicted molar refractivity (Wildman–Crippen MR) is 138 cm³/mol. The van der Waals surface area contributed by atoms with Crippen LogP contribution in [0.5, 0.6) is 0 Å². The van der Waals surface area contributed by atoms with Crippen molar-refractivity contribution in [2.24, 2.45) is 5.92 Å². The molecule has 6 nitrogen and oxygen atoms in total. The highest BCUT2D eigenvalue weighted by Gasteiger charge is 2.25. The van der Waals surface area contributed by atoms with Crippen LogP contribution in [0.25, 0.3) is 21.7 Å². The molecule has 2 N–H and O–H groups in total. The van der Waals surface area contributed by atoms with Gasteiger partial charge in [-0.2, -0.15) is 0 Å². The van der Waals surface area contributed by atoms with Crippen molar-refractivity contribution in [1.82, 2.24) is 19.7 Å². The fraction of sp³-hybridized carbons (Fsp3) is 0.333. The van der Waals surface area contributed by atoms with Gasteiger partial charge in [0.25, 0.3) is 0 Å². The third-order valence-corrected chi connectivity index (χ3v) is 8.38. The number of rotatable bonds is 8. The van der Waals surface area contributed by atoms with Crippen molar-refractivity contribution in [2.45, 2.75) is 31.2 Å². The number of hydrogen-bond acceptors (Lipinski definition) is 4. The minimum atomic E-state index is -3.55. The third-order valence-electron chi connectivity index (χ3n) is 6.90. The molecule has 0 radical (unpaired) electrons. The van der Waals surface area contributed by atoms with Gasteiger partial charge in [0.15, 0.2) is 0 Å². The highest BCUT2D eigenvalue weighted by Crippen LogP contribution is 2.24. The lowest BCUT2D eigenvalue weighted by Crippen LogP contribution is -2.47. The molecular formula is C27H32N4O2S.